The first-order valence-electron chi connectivity index (χ1n) is 11.0. The van der Waals surface area contributed by atoms with Gasteiger partial charge in [-0.15, -0.1) is 0 Å². The molecule has 0 aliphatic carbocycles. The molecule has 1 aliphatic heterocycles. The summed E-state index contributed by atoms with van der Waals surface area (Å²) in [5.41, 5.74) is 6.78. The van der Waals surface area contributed by atoms with Crippen LogP contribution in [0.4, 0.5) is 5.69 Å². The van der Waals surface area contributed by atoms with Gasteiger partial charge in [-0.3, -0.25) is 4.90 Å². The minimum absolute atomic E-state index is 0.387. The summed E-state index contributed by atoms with van der Waals surface area (Å²) in [6.45, 7) is 13.5. The maximum atomic E-state index is 6.17. The second-order valence-electron chi connectivity index (χ2n) is 8.22. The van der Waals surface area contributed by atoms with Crippen molar-refractivity contribution >= 4 is 16.7 Å². The van der Waals surface area contributed by atoms with E-state index in [1.54, 1.807) is 0 Å². The van der Waals surface area contributed by atoms with Crippen LogP contribution in [0.1, 0.15) is 30.2 Å². The normalized spacial score (nSPS) is 16.1. The van der Waals surface area contributed by atoms with Crippen molar-refractivity contribution < 1.29 is 4.74 Å². The zero-order chi connectivity index (χ0) is 21.1. The molecule has 0 bridgehead atoms. The summed E-state index contributed by atoms with van der Waals surface area (Å²) < 4.78 is 6.17. The summed E-state index contributed by atoms with van der Waals surface area (Å²) in [4.78, 5) is 14.4. The Labute approximate surface area is 179 Å². The Kier molecular flexibility index (Phi) is 6.18. The molecule has 4 rings (SSSR count). The number of nitrogens with zero attached hydrogens (tertiary/aromatic N) is 4. The molecule has 0 radical (unpaired) electrons. The van der Waals surface area contributed by atoms with Crippen LogP contribution in [0, 0.1) is 20.8 Å². The minimum atomic E-state index is 0.387. The first-order valence-corrected chi connectivity index (χ1v) is 11.0. The fourth-order valence-corrected chi connectivity index (χ4v) is 4.27. The van der Waals surface area contributed by atoms with Crippen LogP contribution >= 0.6 is 0 Å². The molecule has 1 unspecified atom stereocenters. The van der Waals surface area contributed by atoms with E-state index < -0.39 is 0 Å². The number of hydrogen-bond acceptors (Lipinski definition) is 5. The monoisotopic (exact) mass is 404 g/mol. The number of hydrogen-bond donors (Lipinski definition) is 0. The van der Waals surface area contributed by atoms with Gasteiger partial charge in [0.05, 0.1) is 11.0 Å². The number of rotatable bonds is 6. The first kappa shape index (κ1) is 20.6. The third-order valence-corrected chi connectivity index (χ3v) is 6.33. The second-order valence-corrected chi connectivity index (χ2v) is 8.22. The molecule has 1 fully saturated rings. The van der Waals surface area contributed by atoms with Gasteiger partial charge in [-0.05, 0) is 56.5 Å². The summed E-state index contributed by atoms with van der Waals surface area (Å²) in [5, 5.41) is 0. The van der Waals surface area contributed by atoms with E-state index in [0.717, 1.165) is 49.3 Å². The van der Waals surface area contributed by atoms with Crippen LogP contribution in [0.5, 0.6) is 5.88 Å². The average molecular weight is 405 g/mol. The van der Waals surface area contributed by atoms with E-state index >= 15 is 0 Å². The van der Waals surface area contributed by atoms with Crippen molar-refractivity contribution in [1.29, 1.82) is 0 Å². The summed E-state index contributed by atoms with van der Waals surface area (Å²) in [6, 6.07) is 14.9. The van der Waals surface area contributed by atoms with Gasteiger partial charge in [-0.2, -0.15) is 0 Å². The van der Waals surface area contributed by atoms with Crippen LogP contribution in [-0.2, 0) is 0 Å². The molecule has 30 heavy (non-hydrogen) atoms. The van der Waals surface area contributed by atoms with E-state index in [9.17, 15) is 0 Å². The van der Waals surface area contributed by atoms with Gasteiger partial charge in [0.1, 0.15) is 12.3 Å². The lowest BCUT2D eigenvalue weighted by Gasteiger charge is -2.40. The Morgan fingerprint density at radius 2 is 1.60 bits per heavy atom. The van der Waals surface area contributed by atoms with Crippen LogP contribution in [0.15, 0.2) is 42.5 Å². The number of piperazine rings is 1. The Bertz CT molecular complexity index is 1010. The van der Waals surface area contributed by atoms with Crippen molar-refractivity contribution in [2.24, 2.45) is 0 Å². The van der Waals surface area contributed by atoms with Gasteiger partial charge < -0.3 is 9.64 Å². The molecule has 2 heterocycles. The van der Waals surface area contributed by atoms with Crippen LogP contribution in [0.2, 0.25) is 0 Å². The Hall–Kier alpha value is -2.66. The van der Waals surface area contributed by atoms with E-state index in [0.29, 0.717) is 18.5 Å². The highest BCUT2D eigenvalue weighted by atomic mass is 16.5. The number of aromatic nitrogens is 2. The molecule has 1 saturated heterocycles. The minimum Gasteiger partial charge on any atom is -0.475 e. The standard InChI is InChI=1S/C25H32N4O/c1-5-21(17-30-25-20(4)26-22-10-6-7-11-23(22)27-25)28-13-15-29(16-14-28)24-12-8-9-18(2)19(24)3/h6-12,21H,5,13-17H2,1-4H3. The second kappa shape index (κ2) is 9.00. The summed E-state index contributed by atoms with van der Waals surface area (Å²) in [7, 11) is 0. The number of anilines is 1. The molecule has 1 aliphatic rings. The van der Waals surface area contributed by atoms with Gasteiger partial charge in [0.25, 0.3) is 0 Å². The first-order chi connectivity index (χ1) is 14.6. The molecule has 2 aromatic carbocycles. The SMILES string of the molecule is CCC(COc1nc2ccccc2nc1C)N1CCN(c2cccc(C)c2C)CC1. The molecule has 3 aromatic rings. The van der Waals surface area contributed by atoms with Crippen LogP contribution < -0.4 is 9.64 Å². The van der Waals surface area contributed by atoms with Gasteiger partial charge in [0, 0.05) is 37.9 Å². The van der Waals surface area contributed by atoms with Crippen LogP contribution in [-0.4, -0.2) is 53.7 Å². The molecule has 5 nitrogen and oxygen atoms in total. The van der Waals surface area contributed by atoms with Crippen molar-refractivity contribution in [3.8, 4) is 5.88 Å². The average Bonchev–Trinajstić information content (AvgIpc) is 2.77. The highest BCUT2D eigenvalue weighted by molar-refractivity contribution is 5.74. The van der Waals surface area contributed by atoms with Crippen LogP contribution in [0.3, 0.4) is 0 Å². The zero-order valence-electron chi connectivity index (χ0n) is 18.6. The lowest BCUT2D eigenvalue weighted by atomic mass is 10.1. The number of para-hydroxylation sites is 2. The summed E-state index contributed by atoms with van der Waals surface area (Å²) >= 11 is 0. The summed E-state index contributed by atoms with van der Waals surface area (Å²) in [6.07, 6.45) is 1.06. The molecule has 0 amide bonds. The maximum Gasteiger partial charge on any atom is 0.236 e. The van der Waals surface area contributed by atoms with Gasteiger partial charge in [-0.1, -0.05) is 31.2 Å². The van der Waals surface area contributed by atoms with Crippen LogP contribution in [0.25, 0.3) is 11.0 Å². The molecular weight excluding hydrogens is 372 g/mol. The number of benzene rings is 2. The number of fused-ring (bicyclic) bond motifs is 1. The van der Waals surface area contributed by atoms with Crippen molar-refractivity contribution in [3.05, 3.63) is 59.3 Å². The quantitative estimate of drug-likeness (QED) is 0.604. The molecule has 5 heteroatoms. The number of aryl methyl sites for hydroxylation is 2. The van der Waals surface area contributed by atoms with Crippen molar-refractivity contribution in [2.75, 3.05) is 37.7 Å². The smallest absolute Gasteiger partial charge is 0.236 e. The predicted octanol–water partition coefficient (Wildman–Crippen LogP) is 4.53. The van der Waals surface area contributed by atoms with Crippen molar-refractivity contribution in [1.82, 2.24) is 14.9 Å². The van der Waals surface area contributed by atoms with E-state index in [4.69, 9.17) is 4.74 Å². The Morgan fingerprint density at radius 1 is 0.900 bits per heavy atom. The highest BCUT2D eigenvalue weighted by Gasteiger charge is 2.24. The zero-order valence-corrected chi connectivity index (χ0v) is 18.6. The van der Waals surface area contributed by atoms with Gasteiger partial charge in [0.15, 0.2) is 0 Å². The van der Waals surface area contributed by atoms with E-state index in [-0.39, 0.29) is 0 Å². The van der Waals surface area contributed by atoms with Crippen molar-refractivity contribution in [2.45, 2.75) is 40.2 Å². The highest BCUT2D eigenvalue weighted by Crippen LogP contribution is 2.25. The molecular formula is C25H32N4O. The molecule has 0 spiro atoms. The third kappa shape index (κ3) is 4.26. The summed E-state index contributed by atoms with van der Waals surface area (Å²) in [5.74, 6) is 0.654. The largest absolute Gasteiger partial charge is 0.475 e. The maximum absolute atomic E-state index is 6.17. The fourth-order valence-electron chi connectivity index (χ4n) is 4.27. The fraction of sp³-hybridized carbons (Fsp3) is 0.440. The Balaban J connectivity index is 1.38. The van der Waals surface area contributed by atoms with E-state index in [2.05, 4.69) is 58.7 Å². The molecule has 0 N–H and O–H groups in total. The van der Waals surface area contributed by atoms with E-state index in [1.165, 1.54) is 16.8 Å². The van der Waals surface area contributed by atoms with E-state index in [1.807, 2.05) is 31.2 Å². The predicted molar refractivity (Wildman–Crippen MR) is 124 cm³/mol. The van der Waals surface area contributed by atoms with Gasteiger partial charge in [0.2, 0.25) is 5.88 Å². The Morgan fingerprint density at radius 3 is 2.30 bits per heavy atom. The topological polar surface area (TPSA) is 41.5 Å². The third-order valence-electron chi connectivity index (χ3n) is 6.33. The lowest BCUT2D eigenvalue weighted by Crippen LogP contribution is -2.52. The molecule has 1 atom stereocenters. The van der Waals surface area contributed by atoms with Crippen molar-refractivity contribution in [3.63, 3.8) is 0 Å². The number of ether oxygens (including phenoxy) is 1. The van der Waals surface area contributed by atoms with Gasteiger partial charge >= 0.3 is 0 Å². The lowest BCUT2D eigenvalue weighted by molar-refractivity contribution is 0.121. The van der Waals surface area contributed by atoms with Gasteiger partial charge in [-0.25, -0.2) is 9.97 Å². The molecule has 0 saturated carbocycles. The molecule has 1 aromatic heterocycles. The molecule has 158 valence electrons.